The number of benzene rings is 2. The van der Waals surface area contributed by atoms with Crippen molar-refractivity contribution in [2.45, 2.75) is 33.7 Å². The summed E-state index contributed by atoms with van der Waals surface area (Å²) >= 11 is 0. The lowest BCUT2D eigenvalue weighted by molar-refractivity contribution is 0.395. The molecule has 0 saturated heterocycles. The van der Waals surface area contributed by atoms with E-state index in [0.29, 0.717) is 19.5 Å². The van der Waals surface area contributed by atoms with E-state index in [0.717, 1.165) is 28.2 Å². The third kappa shape index (κ3) is 4.11. The summed E-state index contributed by atoms with van der Waals surface area (Å²) in [4.78, 5) is 4.63. The third-order valence-electron chi connectivity index (χ3n) is 5.87. The number of nitrogens with one attached hydrogen (secondary N) is 1. The first-order valence-corrected chi connectivity index (χ1v) is 11.9. The standard InChI is InChI=1S/C24H27N3O2S/c1-16-8-9-20(13-22(16)24-12-17(2)18(3)14-25-24)26-23-7-5-6-19-15-27(30(4,28)29)11-10-21(19)23/h5-9,12-14,26H,10-11,15H2,1-4H3. The molecule has 5 nitrogen and oxygen atoms in total. The number of pyridine rings is 1. The first kappa shape index (κ1) is 20.6. The van der Waals surface area contributed by atoms with Crippen LogP contribution in [0.1, 0.15) is 27.8 Å². The van der Waals surface area contributed by atoms with Crippen molar-refractivity contribution in [2.75, 3.05) is 18.1 Å². The van der Waals surface area contributed by atoms with Gasteiger partial charge >= 0.3 is 0 Å². The van der Waals surface area contributed by atoms with Crippen molar-refractivity contribution in [1.82, 2.24) is 9.29 Å². The minimum atomic E-state index is -3.18. The highest BCUT2D eigenvalue weighted by Crippen LogP contribution is 2.32. The van der Waals surface area contributed by atoms with Crippen molar-refractivity contribution >= 4 is 21.4 Å². The van der Waals surface area contributed by atoms with E-state index in [1.165, 1.54) is 32.8 Å². The molecule has 156 valence electrons. The van der Waals surface area contributed by atoms with Crippen molar-refractivity contribution in [3.8, 4) is 11.3 Å². The quantitative estimate of drug-likeness (QED) is 0.661. The van der Waals surface area contributed by atoms with Crippen LogP contribution in [0.5, 0.6) is 0 Å². The van der Waals surface area contributed by atoms with Gasteiger partial charge in [0.05, 0.1) is 11.9 Å². The predicted molar refractivity (Wildman–Crippen MR) is 123 cm³/mol. The van der Waals surface area contributed by atoms with Gasteiger partial charge in [0, 0.05) is 36.2 Å². The summed E-state index contributed by atoms with van der Waals surface area (Å²) in [6.45, 7) is 7.21. The molecule has 30 heavy (non-hydrogen) atoms. The van der Waals surface area contributed by atoms with Gasteiger partial charge < -0.3 is 5.32 Å². The van der Waals surface area contributed by atoms with Gasteiger partial charge in [0.2, 0.25) is 10.0 Å². The van der Waals surface area contributed by atoms with Crippen LogP contribution >= 0.6 is 0 Å². The summed E-state index contributed by atoms with van der Waals surface area (Å²) in [7, 11) is -3.18. The largest absolute Gasteiger partial charge is 0.355 e. The molecule has 1 aromatic heterocycles. The summed E-state index contributed by atoms with van der Waals surface area (Å²) in [6.07, 6.45) is 3.89. The van der Waals surface area contributed by atoms with Gasteiger partial charge in [0.1, 0.15) is 0 Å². The van der Waals surface area contributed by atoms with Crippen molar-refractivity contribution in [1.29, 1.82) is 0 Å². The second-order valence-corrected chi connectivity index (χ2v) is 10.1. The highest BCUT2D eigenvalue weighted by Gasteiger charge is 2.24. The summed E-state index contributed by atoms with van der Waals surface area (Å²) in [5, 5.41) is 3.55. The van der Waals surface area contributed by atoms with Crippen molar-refractivity contribution in [3.05, 3.63) is 76.5 Å². The fourth-order valence-corrected chi connectivity index (χ4v) is 4.68. The minimum absolute atomic E-state index is 0.426. The highest BCUT2D eigenvalue weighted by molar-refractivity contribution is 7.88. The molecule has 0 fully saturated rings. The first-order valence-electron chi connectivity index (χ1n) is 10.1. The maximum atomic E-state index is 11.9. The molecule has 1 N–H and O–H groups in total. The topological polar surface area (TPSA) is 62.3 Å². The van der Waals surface area contributed by atoms with Gasteiger partial charge in [-0.05, 0) is 79.3 Å². The molecule has 0 amide bonds. The summed E-state index contributed by atoms with van der Waals surface area (Å²) < 4.78 is 25.4. The Morgan fingerprint density at radius 2 is 1.80 bits per heavy atom. The molecule has 0 aliphatic carbocycles. The molecule has 2 heterocycles. The van der Waals surface area contributed by atoms with Crippen molar-refractivity contribution in [2.24, 2.45) is 0 Å². The molecule has 1 aliphatic heterocycles. The van der Waals surface area contributed by atoms with Gasteiger partial charge in [-0.15, -0.1) is 0 Å². The fourth-order valence-electron chi connectivity index (χ4n) is 3.89. The fraction of sp³-hybridized carbons (Fsp3) is 0.292. The smallest absolute Gasteiger partial charge is 0.211 e. The molecule has 0 saturated carbocycles. The van der Waals surface area contributed by atoms with Crippen LogP contribution in [-0.4, -0.2) is 30.5 Å². The lowest BCUT2D eigenvalue weighted by Gasteiger charge is -2.28. The number of hydrogen-bond donors (Lipinski definition) is 1. The van der Waals surface area contributed by atoms with E-state index in [9.17, 15) is 8.42 Å². The zero-order valence-corrected chi connectivity index (χ0v) is 18.7. The monoisotopic (exact) mass is 421 g/mol. The summed E-state index contributed by atoms with van der Waals surface area (Å²) in [5.41, 5.74) is 9.93. The van der Waals surface area contributed by atoms with E-state index in [1.807, 2.05) is 18.3 Å². The molecule has 3 aromatic rings. The Balaban J connectivity index is 1.65. The summed E-state index contributed by atoms with van der Waals surface area (Å²) in [6, 6.07) is 14.5. The Kier molecular flexibility index (Phi) is 5.38. The Morgan fingerprint density at radius 1 is 1.00 bits per heavy atom. The lowest BCUT2D eigenvalue weighted by Crippen LogP contribution is -2.35. The molecular formula is C24H27N3O2S. The molecule has 0 atom stereocenters. The maximum Gasteiger partial charge on any atom is 0.211 e. The zero-order valence-electron chi connectivity index (χ0n) is 17.9. The van der Waals surface area contributed by atoms with Crippen LogP contribution in [-0.2, 0) is 23.0 Å². The van der Waals surface area contributed by atoms with Crippen LogP contribution in [0.3, 0.4) is 0 Å². The SMILES string of the molecule is Cc1cnc(-c2cc(Nc3cccc4c3CCN(S(C)(=O)=O)C4)ccc2C)cc1C. The molecule has 6 heteroatoms. The predicted octanol–water partition coefficient (Wildman–Crippen LogP) is 4.74. The molecule has 0 bridgehead atoms. The number of hydrogen-bond acceptors (Lipinski definition) is 4. The van der Waals surface area contributed by atoms with Crippen LogP contribution in [0.4, 0.5) is 11.4 Å². The average molecular weight is 422 g/mol. The van der Waals surface area contributed by atoms with E-state index < -0.39 is 10.0 Å². The van der Waals surface area contributed by atoms with Crippen LogP contribution in [0.15, 0.2) is 48.7 Å². The van der Waals surface area contributed by atoms with E-state index in [2.05, 4.69) is 61.4 Å². The van der Waals surface area contributed by atoms with E-state index in [-0.39, 0.29) is 0 Å². The second kappa shape index (κ2) is 7.85. The molecule has 2 aromatic carbocycles. The van der Waals surface area contributed by atoms with Crippen LogP contribution in [0, 0.1) is 20.8 Å². The second-order valence-electron chi connectivity index (χ2n) is 8.10. The van der Waals surface area contributed by atoms with Crippen LogP contribution < -0.4 is 5.32 Å². The van der Waals surface area contributed by atoms with Gasteiger partial charge in [-0.3, -0.25) is 4.98 Å². The van der Waals surface area contributed by atoms with Crippen molar-refractivity contribution < 1.29 is 8.42 Å². The van der Waals surface area contributed by atoms with Crippen molar-refractivity contribution in [3.63, 3.8) is 0 Å². The molecular weight excluding hydrogens is 394 g/mol. The number of nitrogens with zero attached hydrogens (tertiary/aromatic N) is 2. The first-order chi connectivity index (χ1) is 14.2. The lowest BCUT2D eigenvalue weighted by atomic mass is 9.98. The van der Waals surface area contributed by atoms with Gasteiger partial charge in [0.15, 0.2) is 0 Å². The van der Waals surface area contributed by atoms with Gasteiger partial charge in [0.25, 0.3) is 0 Å². The van der Waals surface area contributed by atoms with Gasteiger partial charge in [-0.1, -0.05) is 18.2 Å². The molecule has 1 aliphatic rings. The van der Waals surface area contributed by atoms with Crippen LogP contribution in [0.2, 0.25) is 0 Å². The molecule has 4 rings (SSSR count). The number of rotatable bonds is 4. The number of sulfonamides is 1. The van der Waals surface area contributed by atoms with E-state index in [4.69, 9.17) is 0 Å². The number of anilines is 2. The third-order valence-corrected chi connectivity index (χ3v) is 7.11. The molecule has 0 spiro atoms. The Hall–Kier alpha value is -2.70. The molecule has 0 unspecified atom stereocenters. The Bertz CT molecular complexity index is 1220. The number of aromatic nitrogens is 1. The average Bonchev–Trinajstić information content (AvgIpc) is 2.71. The molecule has 0 radical (unpaired) electrons. The van der Waals surface area contributed by atoms with Gasteiger partial charge in [-0.2, -0.15) is 4.31 Å². The maximum absolute atomic E-state index is 11.9. The van der Waals surface area contributed by atoms with Gasteiger partial charge in [-0.25, -0.2) is 8.42 Å². The van der Waals surface area contributed by atoms with Crippen LogP contribution in [0.25, 0.3) is 11.3 Å². The highest BCUT2D eigenvalue weighted by atomic mass is 32.2. The Labute approximate surface area is 178 Å². The number of fused-ring (bicyclic) bond motifs is 1. The number of aryl methyl sites for hydroxylation is 3. The zero-order chi connectivity index (χ0) is 21.5. The normalized spacial score (nSPS) is 14.4. The minimum Gasteiger partial charge on any atom is -0.355 e. The van der Waals surface area contributed by atoms with E-state index >= 15 is 0 Å². The Morgan fingerprint density at radius 3 is 2.53 bits per heavy atom. The summed E-state index contributed by atoms with van der Waals surface area (Å²) in [5.74, 6) is 0. The van der Waals surface area contributed by atoms with E-state index in [1.54, 1.807) is 0 Å².